The van der Waals surface area contributed by atoms with Crippen LogP contribution >= 0.6 is 15.9 Å². The monoisotopic (exact) mass is 264 g/mol. The normalized spacial score (nSPS) is 10.2. The van der Waals surface area contributed by atoms with Gasteiger partial charge < -0.3 is 5.11 Å². The quantitative estimate of drug-likeness (QED) is 0.849. The predicted octanol–water partition coefficient (Wildman–Crippen LogP) is 2.54. The molecule has 1 aromatic carbocycles. The summed E-state index contributed by atoms with van der Waals surface area (Å²) < 4.78 is 0.585. The standard InChI is InChI=1S/C11H9BrN2O/c12-11-13-6-9(7-14-11)4-8-2-1-3-10(15)5-8/h1-3,5-7,15H,4H2. The average molecular weight is 265 g/mol. The molecule has 0 aliphatic rings. The molecule has 1 aromatic heterocycles. The molecule has 3 nitrogen and oxygen atoms in total. The first-order valence-corrected chi connectivity index (χ1v) is 5.28. The van der Waals surface area contributed by atoms with Crippen LogP contribution in [-0.2, 0) is 6.42 Å². The Labute approximate surface area is 96.0 Å². The van der Waals surface area contributed by atoms with Crippen LogP contribution in [0.15, 0.2) is 41.4 Å². The van der Waals surface area contributed by atoms with Crippen LogP contribution < -0.4 is 0 Å². The molecular formula is C11H9BrN2O. The van der Waals surface area contributed by atoms with Crippen molar-refractivity contribution in [1.82, 2.24) is 9.97 Å². The highest BCUT2D eigenvalue weighted by molar-refractivity contribution is 9.10. The number of phenolic OH excluding ortho intramolecular Hbond substituents is 1. The Hall–Kier alpha value is -1.42. The molecule has 4 heteroatoms. The molecular weight excluding hydrogens is 256 g/mol. The van der Waals surface area contributed by atoms with E-state index in [2.05, 4.69) is 25.9 Å². The van der Waals surface area contributed by atoms with Crippen molar-refractivity contribution in [3.8, 4) is 5.75 Å². The van der Waals surface area contributed by atoms with Crippen molar-refractivity contribution in [1.29, 1.82) is 0 Å². The second kappa shape index (κ2) is 4.40. The minimum absolute atomic E-state index is 0.283. The fourth-order valence-electron chi connectivity index (χ4n) is 1.33. The molecule has 0 fully saturated rings. The number of aromatic hydroxyl groups is 1. The van der Waals surface area contributed by atoms with Gasteiger partial charge in [0.05, 0.1) is 0 Å². The molecule has 0 saturated carbocycles. The summed E-state index contributed by atoms with van der Waals surface area (Å²) >= 11 is 3.18. The molecule has 0 aliphatic carbocycles. The fraction of sp³-hybridized carbons (Fsp3) is 0.0909. The Bertz CT molecular complexity index is 456. The maximum absolute atomic E-state index is 9.30. The lowest BCUT2D eigenvalue weighted by atomic mass is 10.1. The summed E-state index contributed by atoms with van der Waals surface area (Å²) in [5, 5.41) is 9.30. The molecule has 1 heterocycles. The van der Waals surface area contributed by atoms with E-state index in [1.54, 1.807) is 24.5 Å². The van der Waals surface area contributed by atoms with Gasteiger partial charge >= 0.3 is 0 Å². The van der Waals surface area contributed by atoms with Gasteiger partial charge in [-0.05, 0) is 39.2 Å². The number of nitrogens with zero attached hydrogens (tertiary/aromatic N) is 2. The van der Waals surface area contributed by atoms with Gasteiger partial charge in [-0.3, -0.25) is 0 Å². The van der Waals surface area contributed by atoms with E-state index >= 15 is 0 Å². The SMILES string of the molecule is Oc1cccc(Cc2cnc(Br)nc2)c1. The van der Waals surface area contributed by atoms with Crippen molar-refractivity contribution in [3.05, 3.63) is 52.5 Å². The van der Waals surface area contributed by atoms with Gasteiger partial charge in [-0.1, -0.05) is 12.1 Å². The summed E-state index contributed by atoms with van der Waals surface area (Å²) in [6.45, 7) is 0. The Morgan fingerprint density at radius 2 is 1.87 bits per heavy atom. The highest BCUT2D eigenvalue weighted by atomic mass is 79.9. The minimum Gasteiger partial charge on any atom is -0.508 e. The smallest absolute Gasteiger partial charge is 0.196 e. The number of hydrogen-bond donors (Lipinski definition) is 1. The van der Waals surface area contributed by atoms with Crippen molar-refractivity contribution < 1.29 is 5.11 Å². The molecule has 0 spiro atoms. The lowest BCUT2D eigenvalue weighted by Crippen LogP contribution is -1.91. The third-order valence-electron chi connectivity index (χ3n) is 1.99. The second-order valence-corrected chi connectivity index (χ2v) is 3.92. The number of hydrogen-bond acceptors (Lipinski definition) is 3. The zero-order valence-electron chi connectivity index (χ0n) is 7.89. The predicted molar refractivity (Wildman–Crippen MR) is 60.6 cm³/mol. The molecule has 0 aliphatic heterocycles. The number of rotatable bonds is 2. The summed E-state index contributed by atoms with van der Waals surface area (Å²) in [6.07, 6.45) is 4.25. The summed E-state index contributed by atoms with van der Waals surface area (Å²) in [7, 11) is 0. The van der Waals surface area contributed by atoms with Crippen LogP contribution in [-0.4, -0.2) is 15.1 Å². The summed E-state index contributed by atoms with van der Waals surface area (Å²) in [6, 6.07) is 7.18. The van der Waals surface area contributed by atoms with Gasteiger partial charge in [-0.15, -0.1) is 0 Å². The molecule has 0 saturated heterocycles. The van der Waals surface area contributed by atoms with Gasteiger partial charge in [0, 0.05) is 18.8 Å². The fourth-order valence-corrected chi connectivity index (χ4v) is 1.54. The van der Waals surface area contributed by atoms with E-state index in [0.29, 0.717) is 4.73 Å². The zero-order valence-corrected chi connectivity index (χ0v) is 9.48. The Morgan fingerprint density at radius 3 is 2.53 bits per heavy atom. The molecule has 76 valence electrons. The van der Waals surface area contributed by atoms with Crippen molar-refractivity contribution in [2.75, 3.05) is 0 Å². The third-order valence-corrected chi connectivity index (χ3v) is 2.40. The molecule has 0 radical (unpaired) electrons. The average Bonchev–Trinajstić information content (AvgIpc) is 2.22. The van der Waals surface area contributed by atoms with E-state index in [1.807, 2.05) is 12.1 Å². The first kappa shape index (κ1) is 10.1. The molecule has 2 aromatic rings. The van der Waals surface area contributed by atoms with Crippen molar-refractivity contribution >= 4 is 15.9 Å². The van der Waals surface area contributed by atoms with E-state index in [4.69, 9.17) is 0 Å². The highest BCUT2D eigenvalue weighted by Crippen LogP contribution is 2.14. The van der Waals surface area contributed by atoms with Crippen molar-refractivity contribution in [2.45, 2.75) is 6.42 Å². The zero-order chi connectivity index (χ0) is 10.7. The second-order valence-electron chi connectivity index (χ2n) is 3.21. The van der Waals surface area contributed by atoms with E-state index in [9.17, 15) is 5.11 Å². The topological polar surface area (TPSA) is 46.0 Å². The van der Waals surface area contributed by atoms with E-state index in [1.165, 1.54) is 0 Å². The van der Waals surface area contributed by atoms with Gasteiger partial charge in [-0.2, -0.15) is 0 Å². The van der Waals surface area contributed by atoms with Crippen LogP contribution in [0.1, 0.15) is 11.1 Å². The van der Waals surface area contributed by atoms with Crippen LogP contribution in [0.3, 0.4) is 0 Å². The highest BCUT2D eigenvalue weighted by Gasteiger charge is 1.98. The van der Waals surface area contributed by atoms with Crippen molar-refractivity contribution in [3.63, 3.8) is 0 Å². The Balaban J connectivity index is 2.18. The van der Waals surface area contributed by atoms with Gasteiger partial charge in [0.15, 0.2) is 4.73 Å². The maximum atomic E-state index is 9.30. The third kappa shape index (κ3) is 2.76. The number of halogens is 1. The molecule has 0 bridgehead atoms. The summed E-state index contributed by atoms with van der Waals surface area (Å²) in [5.41, 5.74) is 2.06. The lowest BCUT2D eigenvalue weighted by Gasteiger charge is -2.01. The summed E-state index contributed by atoms with van der Waals surface area (Å²) in [5.74, 6) is 0.283. The van der Waals surface area contributed by atoms with Gasteiger partial charge in [0.2, 0.25) is 0 Å². The van der Waals surface area contributed by atoms with Crippen LogP contribution in [0.4, 0.5) is 0 Å². The first-order chi connectivity index (χ1) is 7.24. The van der Waals surface area contributed by atoms with Gasteiger partial charge in [0.25, 0.3) is 0 Å². The maximum Gasteiger partial charge on any atom is 0.196 e. The largest absolute Gasteiger partial charge is 0.508 e. The molecule has 0 amide bonds. The molecule has 1 N–H and O–H groups in total. The van der Waals surface area contributed by atoms with E-state index < -0.39 is 0 Å². The van der Waals surface area contributed by atoms with E-state index in [0.717, 1.165) is 17.5 Å². The van der Waals surface area contributed by atoms with E-state index in [-0.39, 0.29) is 5.75 Å². The Morgan fingerprint density at radius 1 is 1.13 bits per heavy atom. The van der Waals surface area contributed by atoms with Crippen LogP contribution in [0.5, 0.6) is 5.75 Å². The summed E-state index contributed by atoms with van der Waals surface area (Å²) in [4.78, 5) is 8.08. The number of aromatic nitrogens is 2. The number of benzene rings is 1. The molecule has 2 rings (SSSR count). The molecule has 0 unspecified atom stereocenters. The Kier molecular flexibility index (Phi) is 2.97. The first-order valence-electron chi connectivity index (χ1n) is 4.48. The lowest BCUT2D eigenvalue weighted by molar-refractivity contribution is 0.474. The van der Waals surface area contributed by atoms with Crippen LogP contribution in [0, 0.1) is 0 Å². The molecule has 15 heavy (non-hydrogen) atoms. The van der Waals surface area contributed by atoms with Crippen LogP contribution in [0.25, 0.3) is 0 Å². The molecule has 0 atom stereocenters. The van der Waals surface area contributed by atoms with Crippen LogP contribution in [0.2, 0.25) is 0 Å². The van der Waals surface area contributed by atoms with Crippen molar-refractivity contribution in [2.24, 2.45) is 0 Å². The number of phenols is 1. The minimum atomic E-state index is 0.283. The van der Waals surface area contributed by atoms with Gasteiger partial charge in [0.1, 0.15) is 5.75 Å². The van der Waals surface area contributed by atoms with Gasteiger partial charge in [-0.25, -0.2) is 9.97 Å².